The van der Waals surface area contributed by atoms with E-state index in [0.717, 1.165) is 5.56 Å². The van der Waals surface area contributed by atoms with Crippen molar-refractivity contribution in [3.8, 4) is 11.3 Å². The molecule has 1 atom stereocenters. The van der Waals surface area contributed by atoms with E-state index in [4.69, 9.17) is 5.73 Å². The number of nitrogens with two attached hydrogens (primary N) is 1. The van der Waals surface area contributed by atoms with Gasteiger partial charge in [-0.1, -0.05) is 0 Å². The second kappa shape index (κ2) is 4.24. The lowest BCUT2D eigenvalue weighted by Gasteiger charge is -2.06. The van der Waals surface area contributed by atoms with Gasteiger partial charge in [0.05, 0.1) is 5.69 Å². The number of pyridine rings is 1. The molecule has 16 heavy (non-hydrogen) atoms. The first-order valence-electron chi connectivity index (χ1n) is 4.94. The highest BCUT2D eigenvalue weighted by atomic mass is 16.1. The zero-order valence-electron chi connectivity index (χ0n) is 8.84. The summed E-state index contributed by atoms with van der Waals surface area (Å²) in [5.74, 6) is 0. The number of nitrogens with one attached hydrogen (secondary N) is 1. The van der Waals surface area contributed by atoms with Crippen molar-refractivity contribution in [3.63, 3.8) is 0 Å². The largest absolute Gasteiger partial charge is 0.345 e. The molecule has 0 saturated heterocycles. The summed E-state index contributed by atoms with van der Waals surface area (Å²) in [6.07, 6.45) is 3.31. The molecule has 2 heterocycles. The molecule has 0 aliphatic heterocycles. The van der Waals surface area contributed by atoms with E-state index in [1.807, 2.05) is 6.92 Å². The molecule has 0 aliphatic carbocycles. The number of aromatic amines is 1. The molecule has 0 spiro atoms. The number of nitrogens with zero attached hydrogens (tertiary/aromatic N) is 2. The quantitative estimate of drug-likeness (QED) is 0.779. The third kappa shape index (κ3) is 2.14. The monoisotopic (exact) mass is 216 g/mol. The summed E-state index contributed by atoms with van der Waals surface area (Å²) in [5, 5.41) is 0. The van der Waals surface area contributed by atoms with Gasteiger partial charge in [0, 0.05) is 29.7 Å². The molecule has 0 aromatic carbocycles. The summed E-state index contributed by atoms with van der Waals surface area (Å²) in [4.78, 5) is 21.8. The maximum atomic E-state index is 11.4. The van der Waals surface area contributed by atoms with E-state index >= 15 is 0 Å². The molecule has 0 bridgehead atoms. The maximum Gasteiger partial charge on any atom is 0.345 e. The second-order valence-corrected chi connectivity index (χ2v) is 3.55. The highest BCUT2D eigenvalue weighted by molar-refractivity contribution is 5.58. The number of hydrogen-bond donors (Lipinski definition) is 2. The van der Waals surface area contributed by atoms with E-state index < -0.39 is 0 Å². The summed E-state index contributed by atoms with van der Waals surface area (Å²) in [5.41, 5.74) is 7.46. The first-order chi connectivity index (χ1) is 7.66. The highest BCUT2D eigenvalue weighted by Crippen LogP contribution is 2.16. The van der Waals surface area contributed by atoms with Gasteiger partial charge in [-0.05, 0) is 25.1 Å². The molecule has 2 rings (SSSR count). The van der Waals surface area contributed by atoms with E-state index in [9.17, 15) is 4.79 Å². The van der Waals surface area contributed by atoms with Gasteiger partial charge in [-0.15, -0.1) is 0 Å². The molecule has 5 nitrogen and oxygen atoms in total. The third-order valence-electron chi connectivity index (χ3n) is 2.23. The summed E-state index contributed by atoms with van der Waals surface area (Å²) in [6.45, 7) is 1.81. The van der Waals surface area contributed by atoms with Gasteiger partial charge >= 0.3 is 5.69 Å². The van der Waals surface area contributed by atoms with Crippen LogP contribution in [0.5, 0.6) is 0 Å². The molecular formula is C11H12N4O. The van der Waals surface area contributed by atoms with Gasteiger partial charge in [0.15, 0.2) is 0 Å². The minimum absolute atomic E-state index is 0.226. The molecular weight excluding hydrogens is 204 g/mol. The molecule has 5 heteroatoms. The molecule has 2 aromatic rings. The van der Waals surface area contributed by atoms with Crippen molar-refractivity contribution in [2.45, 2.75) is 13.0 Å². The Morgan fingerprint density at radius 2 is 2.06 bits per heavy atom. The Balaban J connectivity index is 2.54. The fourth-order valence-electron chi connectivity index (χ4n) is 1.39. The van der Waals surface area contributed by atoms with E-state index in [0.29, 0.717) is 11.4 Å². The first kappa shape index (κ1) is 10.5. The van der Waals surface area contributed by atoms with Gasteiger partial charge in [-0.2, -0.15) is 4.98 Å². The standard InChI is InChI=1S/C11H12N4O/c1-7(12)9-6-10(15-11(16)14-9)8-2-4-13-5-3-8/h2-7H,12H2,1H3,(H,14,15,16). The van der Waals surface area contributed by atoms with Crippen LogP contribution in [0.1, 0.15) is 18.7 Å². The molecule has 1 unspecified atom stereocenters. The lowest BCUT2D eigenvalue weighted by Crippen LogP contribution is -2.18. The Labute approximate surface area is 92.4 Å². The Bertz CT molecular complexity index is 533. The van der Waals surface area contributed by atoms with Crippen LogP contribution < -0.4 is 11.4 Å². The predicted molar refractivity (Wildman–Crippen MR) is 60.7 cm³/mol. The van der Waals surface area contributed by atoms with Crippen molar-refractivity contribution < 1.29 is 0 Å². The van der Waals surface area contributed by atoms with Crippen LogP contribution in [0.15, 0.2) is 35.4 Å². The highest BCUT2D eigenvalue weighted by Gasteiger charge is 2.06. The smallest absolute Gasteiger partial charge is 0.323 e. The van der Waals surface area contributed by atoms with Crippen molar-refractivity contribution in [3.05, 3.63) is 46.8 Å². The molecule has 0 aliphatic rings. The Hall–Kier alpha value is -2.01. The fourth-order valence-corrected chi connectivity index (χ4v) is 1.39. The molecule has 2 aromatic heterocycles. The van der Waals surface area contributed by atoms with Crippen molar-refractivity contribution in [2.75, 3.05) is 0 Å². The maximum absolute atomic E-state index is 11.4. The van der Waals surface area contributed by atoms with Crippen LogP contribution in [-0.2, 0) is 0 Å². The van der Waals surface area contributed by atoms with Crippen molar-refractivity contribution in [1.82, 2.24) is 15.0 Å². The van der Waals surface area contributed by atoms with E-state index in [1.54, 1.807) is 30.6 Å². The lowest BCUT2D eigenvalue weighted by molar-refractivity contribution is 0.766. The third-order valence-corrected chi connectivity index (χ3v) is 2.23. The van der Waals surface area contributed by atoms with Gasteiger partial charge in [-0.25, -0.2) is 4.79 Å². The summed E-state index contributed by atoms with van der Waals surface area (Å²) in [6, 6.07) is 5.15. The number of H-pyrrole nitrogens is 1. The van der Waals surface area contributed by atoms with Crippen molar-refractivity contribution >= 4 is 0 Å². The number of rotatable bonds is 2. The zero-order valence-corrected chi connectivity index (χ0v) is 8.84. The topological polar surface area (TPSA) is 84.7 Å². The lowest BCUT2D eigenvalue weighted by atomic mass is 10.1. The van der Waals surface area contributed by atoms with Crippen LogP contribution >= 0.6 is 0 Å². The molecule has 0 amide bonds. The molecule has 0 saturated carbocycles. The van der Waals surface area contributed by atoms with Gasteiger partial charge in [0.1, 0.15) is 0 Å². The van der Waals surface area contributed by atoms with Crippen LogP contribution in [0.2, 0.25) is 0 Å². The van der Waals surface area contributed by atoms with Crippen molar-refractivity contribution in [2.24, 2.45) is 5.73 Å². The Kier molecular flexibility index (Phi) is 2.78. The van der Waals surface area contributed by atoms with Crippen LogP contribution in [-0.4, -0.2) is 15.0 Å². The Morgan fingerprint density at radius 3 is 2.69 bits per heavy atom. The van der Waals surface area contributed by atoms with E-state index in [1.165, 1.54) is 0 Å². The number of aromatic nitrogens is 3. The normalized spacial score (nSPS) is 12.4. The van der Waals surface area contributed by atoms with Gasteiger partial charge in [0.2, 0.25) is 0 Å². The van der Waals surface area contributed by atoms with Crippen LogP contribution in [0.25, 0.3) is 11.3 Å². The average molecular weight is 216 g/mol. The van der Waals surface area contributed by atoms with Gasteiger partial charge in [-0.3, -0.25) is 4.98 Å². The number of hydrogen-bond acceptors (Lipinski definition) is 4. The second-order valence-electron chi connectivity index (χ2n) is 3.55. The SMILES string of the molecule is CC(N)c1cc(-c2ccncc2)nc(=O)[nH]1. The summed E-state index contributed by atoms with van der Waals surface area (Å²) >= 11 is 0. The first-order valence-corrected chi connectivity index (χ1v) is 4.94. The minimum Gasteiger partial charge on any atom is -0.323 e. The molecule has 0 radical (unpaired) electrons. The molecule has 3 N–H and O–H groups in total. The summed E-state index contributed by atoms with van der Waals surface area (Å²) in [7, 11) is 0. The minimum atomic E-state index is -0.387. The van der Waals surface area contributed by atoms with Crippen molar-refractivity contribution in [1.29, 1.82) is 0 Å². The van der Waals surface area contributed by atoms with Crippen LogP contribution in [0.3, 0.4) is 0 Å². The van der Waals surface area contributed by atoms with Crippen LogP contribution in [0, 0.1) is 0 Å². The molecule has 82 valence electrons. The molecule has 0 fully saturated rings. The fraction of sp³-hybridized carbons (Fsp3) is 0.182. The zero-order chi connectivity index (χ0) is 11.5. The van der Waals surface area contributed by atoms with Crippen LogP contribution in [0.4, 0.5) is 0 Å². The van der Waals surface area contributed by atoms with Gasteiger partial charge in [0.25, 0.3) is 0 Å². The average Bonchev–Trinajstić information content (AvgIpc) is 2.29. The predicted octanol–water partition coefficient (Wildman–Crippen LogP) is 0.852. The van der Waals surface area contributed by atoms with E-state index in [2.05, 4.69) is 15.0 Å². The Morgan fingerprint density at radius 1 is 1.38 bits per heavy atom. The summed E-state index contributed by atoms with van der Waals surface area (Å²) < 4.78 is 0. The van der Waals surface area contributed by atoms with Gasteiger partial charge < -0.3 is 10.7 Å². The van der Waals surface area contributed by atoms with E-state index in [-0.39, 0.29) is 11.7 Å².